The van der Waals surface area contributed by atoms with Crippen LogP contribution in [0.4, 0.5) is 0 Å². The minimum absolute atomic E-state index is 0.423. The quantitative estimate of drug-likeness (QED) is 0.876. The summed E-state index contributed by atoms with van der Waals surface area (Å²) in [6, 6.07) is 7.25. The van der Waals surface area contributed by atoms with Gasteiger partial charge in [-0.05, 0) is 49.1 Å². The average Bonchev–Trinajstić information content (AvgIpc) is 2.98. The standard InChI is InChI=1S/C17H22N2/c18-16-8-2-5-13(16)10-14-11-19-9-3-6-12-4-1-7-15(14)17(12)19/h1,4,7,11,13,16H,2-3,5-6,8-10,18H2. The molecule has 2 heterocycles. The minimum atomic E-state index is 0.423. The third kappa shape index (κ3) is 1.81. The maximum Gasteiger partial charge on any atom is 0.0515 e. The second-order valence-corrected chi connectivity index (χ2v) is 6.32. The van der Waals surface area contributed by atoms with E-state index < -0.39 is 0 Å². The van der Waals surface area contributed by atoms with Crippen LogP contribution in [0.2, 0.25) is 0 Å². The van der Waals surface area contributed by atoms with Crippen molar-refractivity contribution in [1.82, 2.24) is 4.57 Å². The third-order valence-electron chi connectivity index (χ3n) is 5.11. The maximum atomic E-state index is 6.25. The Morgan fingerprint density at radius 1 is 1.21 bits per heavy atom. The molecule has 2 unspecified atom stereocenters. The molecule has 100 valence electrons. The number of rotatable bonds is 2. The SMILES string of the molecule is NC1CCCC1Cc1cn2c3c(cccc13)CCC2. The van der Waals surface area contributed by atoms with Gasteiger partial charge in [0.2, 0.25) is 0 Å². The van der Waals surface area contributed by atoms with Crippen LogP contribution in [0.3, 0.4) is 0 Å². The van der Waals surface area contributed by atoms with Crippen LogP contribution >= 0.6 is 0 Å². The molecular weight excluding hydrogens is 232 g/mol. The van der Waals surface area contributed by atoms with Crippen molar-refractivity contribution in [2.24, 2.45) is 11.7 Å². The predicted molar refractivity (Wildman–Crippen MR) is 79.3 cm³/mol. The fourth-order valence-corrected chi connectivity index (χ4v) is 4.09. The Morgan fingerprint density at radius 3 is 3.00 bits per heavy atom. The summed E-state index contributed by atoms with van der Waals surface area (Å²) in [7, 11) is 0. The molecule has 2 aliphatic rings. The van der Waals surface area contributed by atoms with Crippen LogP contribution in [0.15, 0.2) is 24.4 Å². The Balaban J connectivity index is 1.77. The van der Waals surface area contributed by atoms with Gasteiger partial charge in [-0.15, -0.1) is 0 Å². The first-order chi connectivity index (χ1) is 9.33. The molecule has 2 nitrogen and oxygen atoms in total. The number of aryl methyl sites for hydroxylation is 2. The van der Waals surface area contributed by atoms with Crippen LogP contribution < -0.4 is 5.73 Å². The van der Waals surface area contributed by atoms with E-state index in [0.29, 0.717) is 12.0 Å². The lowest BCUT2D eigenvalue weighted by atomic mass is 9.94. The number of benzene rings is 1. The number of nitrogens with two attached hydrogens (primary N) is 1. The van der Waals surface area contributed by atoms with E-state index in [1.165, 1.54) is 67.1 Å². The molecule has 2 aromatic rings. The van der Waals surface area contributed by atoms with Crippen LogP contribution in [0.5, 0.6) is 0 Å². The van der Waals surface area contributed by atoms with Gasteiger partial charge in [-0.25, -0.2) is 0 Å². The largest absolute Gasteiger partial charge is 0.347 e. The lowest BCUT2D eigenvalue weighted by molar-refractivity contribution is 0.479. The topological polar surface area (TPSA) is 30.9 Å². The molecule has 1 fully saturated rings. The average molecular weight is 254 g/mol. The minimum Gasteiger partial charge on any atom is -0.347 e. The van der Waals surface area contributed by atoms with E-state index in [9.17, 15) is 0 Å². The first-order valence-electron chi connectivity index (χ1n) is 7.68. The van der Waals surface area contributed by atoms with Crippen molar-refractivity contribution >= 4 is 10.9 Å². The van der Waals surface area contributed by atoms with Gasteiger partial charge in [-0.1, -0.05) is 24.6 Å². The maximum absolute atomic E-state index is 6.25. The molecule has 2 N–H and O–H groups in total. The Labute approximate surface area is 114 Å². The van der Waals surface area contributed by atoms with Crippen LogP contribution in [0.25, 0.3) is 10.9 Å². The number of aromatic nitrogens is 1. The molecule has 0 bridgehead atoms. The van der Waals surface area contributed by atoms with Crippen LogP contribution in [0, 0.1) is 5.92 Å². The number of nitrogens with zero attached hydrogens (tertiary/aromatic N) is 1. The zero-order valence-corrected chi connectivity index (χ0v) is 11.4. The van der Waals surface area contributed by atoms with E-state index in [-0.39, 0.29) is 0 Å². The van der Waals surface area contributed by atoms with Crippen molar-refractivity contribution in [3.8, 4) is 0 Å². The van der Waals surface area contributed by atoms with Gasteiger partial charge in [0.15, 0.2) is 0 Å². The summed E-state index contributed by atoms with van der Waals surface area (Å²) in [4.78, 5) is 0. The van der Waals surface area contributed by atoms with Gasteiger partial charge in [0.25, 0.3) is 0 Å². The Morgan fingerprint density at radius 2 is 2.16 bits per heavy atom. The highest BCUT2D eigenvalue weighted by Crippen LogP contribution is 2.33. The summed E-state index contributed by atoms with van der Waals surface area (Å²) in [6.07, 6.45) is 9.94. The number of hydrogen-bond acceptors (Lipinski definition) is 1. The van der Waals surface area contributed by atoms with Gasteiger partial charge < -0.3 is 10.3 Å². The summed E-state index contributed by atoms with van der Waals surface area (Å²) in [6.45, 7) is 1.18. The smallest absolute Gasteiger partial charge is 0.0515 e. The second-order valence-electron chi connectivity index (χ2n) is 6.32. The van der Waals surface area contributed by atoms with Crippen molar-refractivity contribution in [1.29, 1.82) is 0 Å². The molecule has 0 saturated heterocycles. The zero-order chi connectivity index (χ0) is 12.8. The van der Waals surface area contributed by atoms with Gasteiger partial charge in [0.05, 0.1) is 5.52 Å². The van der Waals surface area contributed by atoms with E-state index >= 15 is 0 Å². The highest BCUT2D eigenvalue weighted by molar-refractivity contribution is 5.87. The highest BCUT2D eigenvalue weighted by Gasteiger charge is 2.26. The lowest BCUT2D eigenvalue weighted by Crippen LogP contribution is -2.25. The Hall–Kier alpha value is -1.28. The van der Waals surface area contributed by atoms with Crippen molar-refractivity contribution in [2.75, 3.05) is 0 Å². The van der Waals surface area contributed by atoms with Crippen molar-refractivity contribution in [2.45, 2.75) is 51.1 Å². The van der Waals surface area contributed by atoms with Crippen LogP contribution in [-0.2, 0) is 19.4 Å². The molecule has 1 aliphatic carbocycles. The second kappa shape index (κ2) is 4.38. The summed E-state index contributed by atoms with van der Waals surface area (Å²) >= 11 is 0. The van der Waals surface area contributed by atoms with E-state index in [2.05, 4.69) is 29.0 Å². The molecule has 2 atom stereocenters. The molecule has 1 aliphatic heterocycles. The summed E-state index contributed by atoms with van der Waals surface area (Å²) < 4.78 is 2.48. The first-order valence-corrected chi connectivity index (χ1v) is 7.68. The number of hydrogen-bond donors (Lipinski definition) is 1. The van der Waals surface area contributed by atoms with Gasteiger partial charge in [0.1, 0.15) is 0 Å². The van der Waals surface area contributed by atoms with Gasteiger partial charge in [0, 0.05) is 24.2 Å². The summed E-state index contributed by atoms with van der Waals surface area (Å²) in [5.41, 5.74) is 10.8. The fourth-order valence-electron chi connectivity index (χ4n) is 4.09. The molecule has 0 amide bonds. The first kappa shape index (κ1) is 11.5. The molecule has 2 heteroatoms. The molecular formula is C17H22N2. The van der Waals surface area contributed by atoms with Gasteiger partial charge in [-0.3, -0.25) is 0 Å². The third-order valence-corrected chi connectivity index (χ3v) is 5.11. The Kier molecular flexibility index (Phi) is 2.66. The normalized spacial score (nSPS) is 26.2. The summed E-state index contributed by atoms with van der Waals surface area (Å²) in [5, 5.41) is 1.48. The monoisotopic (exact) mass is 254 g/mol. The summed E-state index contributed by atoms with van der Waals surface area (Å²) in [5.74, 6) is 0.698. The zero-order valence-electron chi connectivity index (χ0n) is 11.4. The van der Waals surface area contributed by atoms with Crippen molar-refractivity contribution in [3.63, 3.8) is 0 Å². The highest BCUT2D eigenvalue weighted by atomic mass is 15.0. The van der Waals surface area contributed by atoms with Crippen molar-refractivity contribution in [3.05, 3.63) is 35.5 Å². The van der Waals surface area contributed by atoms with E-state index in [1.54, 1.807) is 0 Å². The van der Waals surface area contributed by atoms with Gasteiger partial charge in [-0.2, -0.15) is 0 Å². The van der Waals surface area contributed by atoms with Crippen LogP contribution in [-0.4, -0.2) is 10.6 Å². The van der Waals surface area contributed by atoms with Gasteiger partial charge >= 0.3 is 0 Å². The Bertz CT molecular complexity index is 611. The molecule has 1 aromatic heterocycles. The molecule has 4 rings (SSSR count). The van der Waals surface area contributed by atoms with E-state index in [0.717, 1.165) is 0 Å². The van der Waals surface area contributed by atoms with E-state index in [4.69, 9.17) is 5.73 Å². The van der Waals surface area contributed by atoms with Crippen molar-refractivity contribution < 1.29 is 0 Å². The molecule has 1 aromatic carbocycles. The van der Waals surface area contributed by atoms with Crippen LogP contribution in [0.1, 0.15) is 36.8 Å². The molecule has 19 heavy (non-hydrogen) atoms. The predicted octanol–water partition coefficient (Wildman–Crippen LogP) is 3.26. The molecule has 0 spiro atoms. The van der Waals surface area contributed by atoms with E-state index in [1.807, 2.05) is 0 Å². The molecule has 1 saturated carbocycles. The number of para-hydroxylation sites is 1. The fraction of sp³-hybridized carbons (Fsp3) is 0.529. The molecule has 0 radical (unpaired) electrons. The lowest BCUT2D eigenvalue weighted by Gasteiger charge is -2.15.